The van der Waals surface area contributed by atoms with E-state index < -0.39 is 0 Å². The number of rotatable bonds is 3. The predicted octanol–water partition coefficient (Wildman–Crippen LogP) is 2.19. The number of carbonyl (C=O) groups is 1. The Morgan fingerprint density at radius 2 is 2.27 bits per heavy atom. The van der Waals surface area contributed by atoms with Crippen molar-refractivity contribution in [3.63, 3.8) is 0 Å². The summed E-state index contributed by atoms with van der Waals surface area (Å²) in [6.07, 6.45) is 7.01. The highest BCUT2D eigenvalue weighted by atomic mass is 16.5. The number of likely N-dealkylation sites (tertiary alicyclic amines) is 1. The van der Waals surface area contributed by atoms with Crippen molar-refractivity contribution < 1.29 is 9.32 Å². The first-order chi connectivity index (χ1) is 12.6. The largest absolute Gasteiger partial charge is 0.339 e. The molecule has 4 rings (SSSR count). The van der Waals surface area contributed by atoms with Crippen molar-refractivity contribution >= 4 is 5.91 Å². The highest BCUT2D eigenvalue weighted by Gasteiger charge is 2.30. The molecule has 0 bridgehead atoms. The summed E-state index contributed by atoms with van der Waals surface area (Å²) >= 11 is 0. The van der Waals surface area contributed by atoms with Crippen molar-refractivity contribution in [2.45, 2.75) is 25.7 Å². The van der Waals surface area contributed by atoms with Gasteiger partial charge in [0, 0.05) is 44.3 Å². The summed E-state index contributed by atoms with van der Waals surface area (Å²) in [6, 6.07) is 3.73. The van der Waals surface area contributed by atoms with Crippen LogP contribution in [0, 0.1) is 6.92 Å². The third-order valence-electron chi connectivity index (χ3n) is 4.66. The minimum absolute atomic E-state index is 0.00676. The Kier molecular flexibility index (Phi) is 4.24. The van der Waals surface area contributed by atoms with Gasteiger partial charge in [-0.05, 0) is 31.9 Å². The van der Waals surface area contributed by atoms with Gasteiger partial charge in [0.2, 0.25) is 11.7 Å². The summed E-state index contributed by atoms with van der Waals surface area (Å²) in [5.74, 6) is 1.15. The lowest BCUT2D eigenvalue weighted by molar-refractivity contribution is 0.0695. The molecule has 1 amide bonds. The van der Waals surface area contributed by atoms with E-state index in [1.165, 1.54) is 0 Å². The minimum Gasteiger partial charge on any atom is -0.339 e. The predicted molar refractivity (Wildman–Crippen MR) is 93.4 cm³/mol. The molecule has 0 N–H and O–H groups in total. The molecular formula is C18H20N6O2. The van der Waals surface area contributed by atoms with Gasteiger partial charge in [-0.3, -0.25) is 14.5 Å². The number of hydrogen-bond donors (Lipinski definition) is 0. The fourth-order valence-electron chi connectivity index (χ4n) is 3.36. The van der Waals surface area contributed by atoms with Gasteiger partial charge in [-0.2, -0.15) is 10.1 Å². The van der Waals surface area contributed by atoms with Crippen LogP contribution in [0.2, 0.25) is 0 Å². The third kappa shape index (κ3) is 3.10. The van der Waals surface area contributed by atoms with Crippen LogP contribution >= 0.6 is 0 Å². The Labute approximate surface area is 150 Å². The van der Waals surface area contributed by atoms with E-state index >= 15 is 0 Å². The molecule has 3 aromatic heterocycles. The second kappa shape index (κ2) is 6.70. The van der Waals surface area contributed by atoms with E-state index in [1.807, 2.05) is 31.0 Å². The maximum atomic E-state index is 12.8. The quantitative estimate of drug-likeness (QED) is 0.718. The Hall–Kier alpha value is -3.03. The van der Waals surface area contributed by atoms with E-state index in [0.29, 0.717) is 23.8 Å². The Bertz CT molecular complexity index is 917. The average molecular weight is 352 g/mol. The Morgan fingerprint density at radius 1 is 1.38 bits per heavy atom. The summed E-state index contributed by atoms with van der Waals surface area (Å²) in [6.45, 7) is 3.15. The summed E-state index contributed by atoms with van der Waals surface area (Å²) in [7, 11) is 1.82. The number of aromatic nitrogens is 5. The molecule has 4 heterocycles. The zero-order valence-electron chi connectivity index (χ0n) is 14.8. The van der Waals surface area contributed by atoms with Gasteiger partial charge >= 0.3 is 0 Å². The van der Waals surface area contributed by atoms with Crippen molar-refractivity contribution in [3.8, 4) is 11.4 Å². The van der Waals surface area contributed by atoms with Crippen LogP contribution in [0.25, 0.3) is 11.4 Å². The van der Waals surface area contributed by atoms with Crippen molar-refractivity contribution in [1.29, 1.82) is 0 Å². The minimum atomic E-state index is 0.00676. The molecule has 1 fully saturated rings. The number of amides is 1. The molecule has 8 heteroatoms. The van der Waals surface area contributed by atoms with Gasteiger partial charge in [-0.25, -0.2) is 0 Å². The molecule has 0 aromatic carbocycles. The highest BCUT2D eigenvalue weighted by molar-refractivity contribution is 5.95. The summed E-state index contributed by atoms with van der Waals surface area (Å²) in [5.41, 5.74) is 2.21. The third-order valence-corrected chi connectivity index (χ3v) is 4.66. The van der Waals surface area contributed by atoms with Crippen molar-refractivity contribution in [1.82, 2.24) is 29.8 Å². The van der Waals surface area contributed by atoms with Crippen LogP contribution in [0.4, 0.5) is 0 Å². The standard InChI is InChI=1S/C18H20N6O2/c1-12-15(11-23(2)21-12)18(25)24-8-4-6-14(10-24)17-20-16(22-26-17)13-5-3-7-19-9-13/h3,5,7,9,11,14H,4,6,8,10H2,1-2H3/t14-/m0/s1. The number of carbonyl (C=O) groups excluding carboxylic acids is 1. The van der Waals surface area contributed by atoms with Crippen LogP contribution in [-0.2, 0) is 7.05 Å². The van der Waals surface area contributed by atoms with Crippen LogP contribution in [0.1, 0.15) is 40.7 Å². The molecule has 134 valence electrons. The lowest BCUT2D eigenvalue weighted by Crippen LogP contribution is -2.39. The smallest absolute Gasteiger partial charge is 0.257 e. The van der Waals surface area contributed by atoms with Crippen molar-refractivity contribution in [3.05, 3.63) is 47.9 Å². The Balaban J connectivity index is 1.51. The SMILES string of the molecule is Cc1nn(C)cc1C(=O)N1CCC[C@H](c2nc(-c3cccnc3)no2)C1. The fourth-order valence-corrected chi connectivity index (χ4v) is 3.36. The van der Waals surface area contributed by atoms with Gasteiger partial charge in [-0.1, -0.05) is 5.16 Å². The summed E-state index contributed by atoms with van der Waals surface area (Å²) in [4.78, 5) is 23.3. The zero-order chi connectivity index (χ0) is 18.1. The van der Waals surface area contributed by atoms with E-state index in [2.05, 4.69) is 20.2 Å². The van der Waals surface area contributed by atoms with Crippen LogP contribution in [0.15, 0.2) is 35.2 Å². The number of pyridine rings is 1. The molecule has 1 aliphatic heterocycles. The second-order valence-electron chi connectivity index (χ2n) is 6.59. The van der Waals surface area contributed by atoms with Crippen molar-refractivity contribution in [2.75, 3.05) is 13.1 Å². The van der Waals surface area contributed by atoms with Crippen LogP contribution < -0.4 is 0 Å². The lowest BCUT2D eigenvalue weighted by Gasteiger charge is -2.30. The number of aryl methyl sites for hydroxylation is 2. The normalized spacial score (nSPS) is 17.5. The summed E-state index contributed by atoms with van der Waals surface area (Å²) in [5, 5.41) is 8.33. The second-order valence-corrected chi connectivity index (χ2v) is 6.59. The Morgan fingerprint density at radius 3 is 3.00 bits per heavy atom. The molecule has 0 aliphatic carbocycles. The van der Waals surface area contributed by atoms with Gasteiger partial charge < -0.3 is 9.42 Å². The molecule has 1 aliphatic rings. The van der Waals surface area contributed by atoms with E-state index in [1.54, 1.807) is 23.3 Å². The van der Waals surface area contributed by atoms with Gasteiger partial charge in [0.25, 0.3) is 5.91 Å². The first kappa shape index (κ1) is 16.4. The average Bonchev–Trinajstić information content (AvgIpc) is 3.28. The highest BCUT2D eigenvalue weighted by Crippen LogP contribution is 2.28. The number of piperidine rings is 1. The molecule has 0 unspecified atom stereocenters. The van der Waals surface area contributed by atoms with Crippen LogP contribution in [0.5, 0.6) is 0 Å². The number of nitrogens with zero attached hydrogens (tertiary/aromatic N) is 6. The molecule has 3 aromatic rings. The van der Waals surface area contributed by atoms with E-state index in [4.69, 9.17) is 4.52 Å². The number of hydrogen-bond acceptors (Lipinski definition) is 6. The maximum absolute atomic E-state index is 12.8. The van der Waals surface area contributed by atoms with E-state index in [9.17, 15) is 4.79 Å². The van der Waals surface area contributed by atoms with Gasteiger partial charge in [0.1, 0.15) is 0 Å². The van der Waals surface area contributed by atoms with Gasteiger partial charge in [0.05, 0.1) is 17.2 Å². The molecule has 26 heavy (non-hydrogen) atoms. The molecular weight excluding hydrogens is 332 g/mol. The first-order valence-corrected chi connectivity index (χ1v) is 8.65. The molecule has 1 saturated heterocycles. The monoisotopic (exact) mass is 352 g/mol. The van der Waals surface area contributed by atoms with E-state index in [0.717, 1.165) is 30.6 Å². The van der Waals surface area contributed by atoms with Crippen LogP contribution in [-0.4, -0.2) is 48.8 Å². The topological polar surface area (TPSA) is 89.9 Å². The molecule has 8 nitrogen and oxygen atoms in total. The maximum Gasteiger partial charge on any atom is 0.257 e. The van der Waals surface area contributed by atoms with Crippen LogP contribution in [0.3, 0.4) is 0 Å². The summed E-state index contributed by atoms with van der Waals surface area (Å²) < 4.78 is 7.15. The van der Waals surface area contributed by atoms with Gasteiger partial charge in [-0.15, -0.1) is 0 Å². The van der Waals surface area contributed by atoms with Crippen molar-refractivity contribution in [2.24, 2.45) is 7.05 Å². The first-order valence-electron chi connectivity index (χ1n) is 8.65. The molecule has 1 atom stereocenters. The van der Waals surface area contributed by atoms with Gasteiger partial charge in [0.15, 0.2) is 0 Å². The lowest BCUT2D eigenvalue weighted by atomic mass is 9.97. The molecule has 0 spiro atoms. The molecule has 0 saturated carbocycles. The van der Waals surface area contributed by atoms with E-state index in [-0.39, 0.29) is 11.8 Å². The fraction of sp³-hybridized carbons (Fsp3) is 0.389. The zero-order valence-corrected chi connectivity index (χ0v) is 14.8. The molecule has 0 radical (unpaired) electrons.